The number of anilines is 1. The highest BCUT2D eigenvalue weighted by molar-refractivity contribution is 9.11. The maximum atomic E-state index is 13.4. The standard InChI is InChI=1S/C16H14Br2FN3O/c1-10-13(17)6-12(7-14(10)18)20-9-16(23)22-21-8-11-4-2-3-5-15(11)19/h2-8,20H,9H2,1H3,(H,22,23)/b21-8-. The SMILES string of the molecule is Cc1c(Br)cc(NCC(=O)N/N=C\c2ccccc2F)cc1Br. The van der Waals surface area contributed by atoms with Crippen LogP contribution in [-0.2, 0) is 4.79 Å². The first-order valence-corrected chi connectivity index (χ1v) is 8.32. The Labute approximate surface area is 150 Å². The van der Waals surface area contributed by atoms with Crippen LogP contribution in [0.3, 0.4) is 0 Å². The van der Waals surface area contributed by atoms with Crippen LogP contribution in [0.5, 0.6) is 0 Å². The fourth-order valence-corrected chi connectivity index (χ4v) is 2.91. The van der Waals surface area contributed by atoms with E-state index in [1.165, 1.54) is 12.3 Å². The molecule has 0 heterocycles. The van der Waals surface area contributed by atoms with E-state index in [9.17, 15) is 9.18 Å². The molecular formula is C16H14Br2FN3O. The molecule has 0 aliphatic carbocycles. The van der Waals surface area contributed by atoms with Crippen LogP contribution < -0.4 is 10.7 Å². The molecule has 0 radical (unpaired) electrons. The largest absolute Gasteiger partial charge is 0.376 e. The number of carbonyl (C=O) groups is 1. The quantitative estimate of drug-likeness (QED) is 0.538. The van der Waals surface area contributed by atoms with Gasteiger partial charge in [0.25, 0.3) is 5.91 Å². The fourth-order valence-electron chi connectivity index (χ4n) is 1.72. The lowest BCUT2D eigenvalue weighted by atomic mass is 10.2. The van der Waals surface area contributed by atoms with Gasteiger partial charge >= 0.3 is 0 Å². The third kappa shape index (κ3) is 5.14. The molecule has 0 aliphatic heterocycles. The third-order valence-electron chi connectivity index (χ3n) is 3.03. The maximum Gasteiger partial charge on any atom is 0.259 e. The Bertz CT molecular complexity index is 727. The van der Waals surface area contributed by atoms with Crippen molar-refractivity contribution in [3.63, 3.8) is 0 Å². The average molecular weight is 443 g/mol. The molecule has 23 heavy (non-hydrogen) atoms. The van der Waals surface area contributed by atoms with Gasteiger partial charge in [-0.25, -0.2) is 9.82 Å². The summed E-state index contributed by atoms with van der Waals surface area (Å²) in [5.41, 5.74) is 4.53. The molecule has 0 unspecified atom stereocenters. The first kappa shape index (κ1) is 17.6. The van der Waals surface area contributed by atoms with Crippen molar-refractivity contribution in [3.8, 4) is 0 Å². The Hall–Kier alpha value is -1.73. The highest BCUT2D eigenvalue weighted by atomic mass is 79.9. The summed E-state index contributed by atoms with van der Waals surface area (Å²) in [6.07, 6.45) is 1.27. The molecule has 0 spiro atoms. The van der Waals surface area contributed by atoms with Crippen LogP contribution in [0.2, 0.25) is 0 Å². The fraction of sp³-hybridized carbons (Fsp3) is 0.125. The van der Waals surface area contributed by atoms with Crippen LogP contribution >= 0.6 is 31.9 Å². The lowest BCUT2D eigenvalue weighted by Crippen LogP contribution is -2.25. The molecule has 2 aromatic rings. The lowest BCUT2D eigenvalue weighted by Gasteiger charge is -2.09. The van der Waals surface area contributed by atoms with E-state index >= 15 is 0 Å². The van der Waals surface area contributed by atoms with Gasteiger partial charge in [0.15, 0.2) is 0 Å². The van der Waals surface area contributed by atoms with E-state index in [0.717, 1.165) is 20.2 Å². The smallest absolute Gasteiger partial charge is 0.259 e. The van der Waals surface area contributed by atoms with Crippen LogP contribution in [0.4, 0.5) is 10.1 Å². The number of rotatable bonds is 5. The minimum Gasteiger partial charge on any atom is -0.376 e. The first-order valence-electron chi connectivity index (χ1n) is 6.73. The number of halogens is 3. The maximum absolute atomic E-state index is 13.4. The number of nitrogens with zero attached hydrogens (tertiary/aromatic N) is 1. The zero-order valence-corrected chi connectivity index (χ0v) is 15.4. The first-order chi connectivity index (χ1) is 11.0. The van der Waals surface area contributed by atoms with E-state index in [4.69, 9.17) is 0 Å². The van der Waals surface area contributed by atoms with Crippen molar-refractivity contribution in [1.82, 2.24) is 5.43 Å². The molecule has 0 saturated heterocycles. The summed E-state index contributed by atoms with van der Waals surface area (Å²) in [6, 6.07) is 9.96. The normalized spacial score (nSPS) is 10.8. The number of hydrazone groups is 1. The van der Waals surface area contributed by atoms with Crippen molar-refractivity contribution >= 4 is 49.7 Å². The number of nitrogens with one attached hydrogen (secondary N) is 2. The molecule has 7 heteroatoms. The summed E-state index contributed by atoms with van der Waals surface area (Å²) in [7, 11) is 0. The molecule has 0 atom stereocenters. The van der Waals surface area contributed by atoms with Gasteiger partial charge in [0, 0.05) is 20.2 Å². The summed E-state index contributed by atoms with van der Waals surface area (Å²) in [6.45, 7) is 2.03. The molecule has 0 fully saturated rings. The Kier molecular flexibility index (Phi) is 6.29. The molecule has 4 nitrogen and oxygen atoms in total. The number of hydrogen-bond acceptors (Lipinski definition) is 3. The van der Waals surface area contributed by atoms with Crippen molar-refractivity contribution in [2.75, 3.05) is 11.9 Å². The van der Waals surface area contributed by atoms with Gasteiger partial charge in [-0.2, -0.15) is 5.10 Å². The molecule has 1 amide bonds. The highest BCUT2D eigenvalue weighted by Gasteiger charge is 2.05. The predicted octanol–water partition coefficient (Wildman–Crippen LogP) is 4.22. The van der Waals surface area contributed by atoms with E-state index < -0.39 is 5.82 Å². The molecule has 2 N–H and O–H groups in total. The number of hydrogen-bond donors (Lipinski definition) is 2. The number of carbonyl (C=O) groups excluding carboxylic acids is 1. The molecule has 0 aliphatic rings. The van der Waals surface area contributed by atoms with Gasteiger partial charge in [0.05, 0.1) is 12.8 Å². The molecule has 0 aromatic heterocycles. The Morgan fingerprint density at radius 2 is 1.91 bits per heavy atom. The van der Waals surface area contributed by atoms with Crippen LogP contribution in [0.1, 0.15) is 11.1 Å². The average Bonchev–Trinajstić information content (AvgIpc) is 2.52. The Morgan fingerprint density at radius 3 is 2.57 bits per heavy atom. The molecule has 2 rings (SSSR count). The van der Waals surface area contributed by atoms with E-state index in [1.807, 2.05) is 19.1 Å². The molecule has 2 aromatic carbocycles. The topological polar surface area (TPSA) is 53.5 Å². The van der Waals surface area contributed by atoms with Gasteiger partial charge in [-0.3, -0.25) is 4.79 Å². The van der Waals surface area contributed by atoms with E-state index in [0.29, 0.717) is 5.56 Å². The summed E-state index contributed by atoms with van der Waals surface area (Å²) in [5, 5.41) is 6.73. The molecule has 0 saturated carbocycles. The van der Waals surface area contributed by atoms with Crippen molar-refractivity contribution in [1.29, 1.82) is 0 Å². The second-order valence-electron chi connectivity index (χ2n) is 4.73. The van der Waals surface area contributed by atoms with Crippen LogP contribution in [0, 0.1) is 12.7 Å². The highest BCUT2D eigenvalue weighted by Crippen LogP contribution is 2.28. The van der Waals surface area contributed by atoms with E-state index in [1.54, 1.807) is 18.2 Å². The van der Waals surface area contributed by atoms with E-state index in [-0.39, 0.29) is 12.5 Å². The number of benzene rings is 2. The van der Waals surface area contributed by atoms with Crippen LogP contribution in [0.25, 0.3) is 0 Å². The Balaban J connectivity index is 1.87. The summed E-state index contributed by atoms with van der Waals surface area (Å²) < 4.78 is 15.2. The van der Waals surface area contributed by atoms with Gasteiger partial charge in [-0.15, -0.1) is 0 Å². The third-order valence-corrected chi connectivity index (χ3v) is 4.68. The van der Waals surface area contributed by atoms with E-state index in [2.05, 4.69) is 47.7 Å². The Morgan fingerprint density at radius 1 is 1.26 bits per heavy atom. The monoisotopic (exact) mass is 441 g/mol. The minimum absolute atomic E-state index is 0.0521. The lowest BCUT2D eigenvalue weighted by molar-refractivity contribution is -0.119. The van der Waals surface area contributed by atoms with Crippen molar-refractivity contribution in [3.05, 3.63) is 62.3 Å². The summed E-state index contributed by atoms with van der Waals surface area (Å²) in [5.74, 6) is -0.719. The van der Waals surface area contributed by atoms with Crippen LogP contribution in [0.15, 0.2) is 50.4 Å². The zero-order chi connectivity index (χ0) is 16.8. The van der Waals surface area contributed by atoms with Gasteiger partial charge in [0.1, 0.15) is 5.82 Å². The van der Waals surface area contributed by atoms with Gasteiger partial charge in [-0.05, 0) is 30.7 Å². The molecule has 0 bridgehead atoms. The van der Waals surface area contributed by atoms with Crippen molar-refractivity contribution in [2.45, 2.75) is 6.92 Å². The molecule has 120 valence electrons. The minimum atomic E-state index is -0.391. The number of amides is 1. The second kappa shape index (κ2) is 8.21. The second-order valence-corrected chi connectivity index (χ2v) is 6.44. The van der Waals surface area contributed by atoms with Crippen molar-refractivity contribution < 1.29 is 9.18 Å². The molecular weight excluding hydrogens is 429 g/mol. The van der Waals surface area contributed by atoms with Crippen LogP contribution in [-0.4, -0.2) is 18.7 Å². The van der Waals surface area contributed by atoms with Gasteiger partial charge in [-0.1, -0.05) is 50.1 Å². The van der Waals surface area contributed by atoms with Crippen molar-refractivity contribution in [2.24, 2.45) is 5.10 Å². The summed E-state index contributed by atoms with van der Waals surface area (Å²) >= 11 is 6.90. The predicted molar refractivity (Wildman–Crippen MR) is 97.2 cm³/mol. The summed E-state index contributed by atoms with van der Waals surface area (Å²) in [4.78, 5) is 11.7. The van der Waals surface area contributed by atoms with Gasteiger partial charge < -0.3 is 5.32 Å². The zero-order valence-electron chi connectivity index (χ0n) is 12.2. The van der Waals surface area contributed by atoms with Gasteiger partial charge in [0.2, 0.25) is 0 Å².